The summed E-state index contributed by atoms with van der Waals surface area (Å²) >= 11 is 0. The molecule has 2 aromatic carbocycles. The zero-order valence-electron chi connectivity index (χ0n) is 19.7. The summed E-state index contributed by atoms with van der Waals surface area (Å²) in [4.78, 5) is 31.7. The van der Waals surface area contributed by atoms with E-state index >= 15 is 0 Å². The van der Waals surface area contributed by atoms with Gasteiger partial charge in [-0.25, -0.2) is 14.6 Å². The Kier molecular flexibility index (Phi) is 7.92. The number of fused-ring (bicyclic) bond motifs is 1. The summed E-state index contributed by atoms with van der Waals surface area (Å²) in [6, 6.07) is 13.9. The third-order valence-electron chi connectivity index (χ3n) is 5.11. The molecule has 0 unspecified atom stereocenters. The second kappa shape index (κ2) is 10.8. The van der Waals surface area contributed by atoms with Crippen LogP contribution in [0.3, 0.4) is 0 Å². The minimum Gasteiger partial charge on any atom is -0.444 e. The van der Waals surface area contributed by atoms with E-state index in [2.05, 4.69) is 56.3 Å². The average Bonchev–Trinajstić information content (AvgIpc) is 3.26. The van der Waals surface area contributed by atoms with Crippen molar-refractivity contribution in [2.75, 3.05) is 13.6 Å². The van der Waals surface area contributed by atoms with Gasteiger partial charge in [-0.15, -0.1) is 0 Å². The fourth-order valence-electron chi connectivity index (χ4n) is 3.51. The molecule has 0 radical (unpaired) electrons. The number of alkyl carbamates (subject to hydrolysis) is 1. The van der Waals surface area contributed by atoms with Crippen LogP contribution in [0, 0.1) is 0 Å². The smallest absolute Gasteiger partial charge is 0.408 e. The standard InChI is InChI=1S/C25H33N5O3/c1-25(2,3)33-24(32)30-20(11-7-8-14-27-23(31)26-4)22-28-16-21(29-22)19-13-12-17-9-5-6-10-18(17)15-19/h5-6,9-10,12-13,15-16,20H,7-8,11,14H2,1-4H3,(H,28,29)(H,30,32)(H2,26,27,31)/t20-/m0/s1. The molecule has 3 rings (SSSR count). The first-order valence-electron chi connectivity index (χ1n) is 11.2. The quantitative estimate of drug-likeness (QED) is 0.366. The van der Waals surface area contributed by atoms with Crippen LogP contribution in [0.2, 0.25) is 0 Å². The summed E-state index contributed by atoms with van der Waals surface area (Å²) in [6.07, 6.45) is 3.52. The van der Waals surface area contributed by atoms with Crippen LogP contribution in [0.25, 0.3) is 22.0 Å². The molecule has 1 atom stereocenters. The minimum atomic E-state index is -0.592. The highest BCUT2D eigenvalue weighted by Crippen LogP contribution is 2.25. The van der Waals surface area contributed by atoms with Gasteiger partial charge in [0.25, 0.3) is 0 Å². The van der Waals surface area contributed by atoms with E-state index in [4.69, 9.17) is 4.74 Å². The lowest BCUT2D eigenvalue weighted by molar-refractivity contribution is 0.0498. The molecule has 1 aromatic heterocycles. The van der Waals surface area contributed by atoms with E-state index in [1.54, 1.807) is 13.2 Å². The number of carbonyl (C=O) groups is 2. The van der Waals surface area contributed by atoms with Crippen LogP contribution in [0.5, 0.6) is 0 Å². The highest BCUT2D eigenvalue weighted by Gasteiger charge is 2.22. The monoisotopic (exact) mass is 451 g/mol. The molecule has 1 heterocycles. The Bertz CT molecular complexity index is 1090. The number of hydrogen-bond acceptors (Lipinski definition) is 4. The van der Waals surface area contributed by atoms with Crippen LogP contribution in [0.15, 0.2) is 48.7 Å². The molecule has 8 nitrogen and oxygen atoms in total. The molecule has 3 aromatic rings. The van der Waals surface area contributed by atoms with Gasteiger partial charge in [-0.2, -0.15) is 0 Å². The number of ether oxygens (including phenoxy) is 1. The number of amides is 3. The van der Waals surface area contributed by atoms with Gasteiger partial charge in [0.1, 0.15) is 11.4 Å². The van der Waals surface area contributed by atoms with Gasteiger partial charge in [-0.05, 0) is 56.9 Å². The Labute approximate surface area is 194 Å². The topological polar surface area (TPSA) is 108 Å². The van der Waals surface area contributed by atoms with E-state index in [1.807, 2.05) is 32.9 Å². The summed E-state index contributed by atoms with van der Waals surface area (Å²) in [6.45, 7) is 6.05. The highest BCUT2D eigenvalue weighted by atomic mass is 16.6. The van der Waals surface area contributed by atoms with Crippen LogP contribution >= 0.6 is 0 Å². The van der Waals surface area contributed by atoms with Crippen LogP contribution in [0.1, 0.15) is 51.9 Å². The molecule has 0 saturated carbocycles. The van der Waals surface area contributed by atoms with Crippen LogP contribution in [-0.4, -0.2) is 41.3 Å². The van der Waals surface area contributed by atoms with Gasteiger partial charge >= 0.3 is 12.1 Å². The molecular weight excluding hydrogens is 418 g/mol. The van der Waals surface area contributed by atoms with Gasteiger partial charge in [0.2, 0.25) is 0 Å². The minimum absolute atomic E-state index is 0.204. The van der Waals surface area contributed by atoms with E-state index in [-0.39, 0.29) is 12.1 Å². The summed E-state index contributed by atoms with van der Waals surface area (Å²) in [5.41, 5.74) is 1.32. The second-order valence-electron chi connectivity index (χ2n) is 8.94. The maximum Gasteiger partial charge on any atom is 0.408 e. The second-order valence-corrected chi connectivity index (χ2v) is 8.94. The number of rotatable bonds is 8. The lowest BCUT2D eigenvalue weighted by Gasteiger charge is -2.23. The van der Waals surface area contributed by atoms with Crippen LogP contribution in [0.4, 0.5) is 9.59 Å². The van der Waals surface area contributed by atoms with Crippen molar-refractivity contribution in [1.82, 2.24) is 25.9 Å². The van der Waals surface area contributed by atoms with Crippen molar-refractivity contribution >= 4 is 22.9 Å². The van der Waals surface area contributed by atoms with Crippen LogP contribution < -0.4 is 16.0 Å². The summed E-state index contributed by atoms with van der Waals surface area (Å²) in [5.74, 6) is 0.670. The van der Waals surface area contributed by atoms with Crippen molar-refractivity contribution < 1.29 is 14.3 Å². The molecule has 0 fully saturated rings. The van der Waals surface area contributed by atoms with E-state index in [0.717, 1.165) is 29.5 Å². The number of carbonyl (C=O) groups excluding carboxylic acids is 2. The Morgan fingerprint density at radius 1 is 1.09 bits per heavy atom. The molecule has 0 aliphatic carbocycles. The molecule has 0 bridgehead atoms. The number of hydrogen-bond donors (Lipinski definition) is 4. The number of H-pyrrole nitrogens is 1. The Morgan fingerprint density at radius 2 is 1.85 bits per heavy atom. The van der Waals surface area contributed by atoms with Gasteiger partial charge in [0.15, 0.2) is 0 Å². The SMILES string of the molecule is CNC(=O)NCCCC[C@H](NC(=O)OC(C)(C)C)c1ncc(-c2ccc3ccccc3c2)[nH]1. The fourth-order valence-corrected chi connectivity index (χ4v) is 3.51. The Morgan fingerprint density at radius 3 is 2.58 bits per heavy atom. The molecule has 176 valence electrons. The maximum absolute atomic E-state index is 12.4. The maximum atomic E-state index is 12.4. The number of urea groups is 1. The van der Waals surface area contributed by atoms with Gasteiger partial charge < -0.3 is 25.7 Å². The van der Waals surface area contributed by atoms with Crippen molar-refractivity contribution in [3.8, 4) is 11.3 Å². The predicted molar refractivity (Wildman–Crippen MR) is 130 cm³/mol. The molecule has 8 heteroatoms. The highest BCUT2D eigenvalue weighted by molar-refractivity contribution is 5.86. The third-order valence-corrected chi connectivity index (χ3v) is 5.11. The van der Waals surface area contributed by atoms with Gasteiger partial charge in [0.05, 0.1) is 17.9 Å². The molecule has 0 aliphatic rings. The van der Waals surface area contributed by atoms with Gasteiger partial charge in [-0.1, -0.05) is 36.4 Å². The number of aromatic nitrogens is 2. The predicted octanol–water partition coefficient (Wildman–Crippen LogP) is 4.90. The van der Waals surface area contributed by atoms with Crippen molar-refractivity contribution in [2.45, 2.75) is 51.7 Å². The summed E-state index contributed by atoms with van der Waals surface area (Å²) in [7, 11) is 1.58. The number of aromatic amines is 1. The lowest BCUT2D eigenvalue weighted by Crippen LogP contribution is -2.35. The third kappa shape index (κ3) is 7.24. The largest absolute Gasteiger partial charge is 0.444 e. The number of benzene rings is 2. The fraction of sp³-hybridized carbons (Fsp3) is 0.400. The molecule has 3 amide bonds. The Hall–Kier alpha value is -3.55. The number of imidazole rings is 1. The van der Waals surface area contributed by atoms with E-state index < -0.39 is 11.7 Å². The zero-order valence-corrected chi connectivity index (χ0v) is 19.7. The number of unbranched alkanes of at least 4 members (excludes halogenated alkanes) is 1. The molecule has 4 N–H and O–H groups in total. The number of nitrogens with one attached hydrogen (secondary N) is 4. The number of nitrogens with zero attached hydrogens (tertiary/aromatic N) is 1. The van der Waals surface area contributed by atoms with Crippen molar-refractivity contribution in [3.05, 3.63) is 54.5 Å². The first kappa shape index (κ1) is 24.1. The van der Waals surface area contributed by atoms with Crippen molar-refractivity contribution in [3.63, 3.8) is 0 Å². The molecular formula is C25H33N5O3. The Balaban J connectivity index is 1.72. The van der Waals surface area contributed by atoms with Crippen molar-refractivity contribution in [1.29, 1.82) is 0 Å². The first-order chi connectivity index (χ1) is 15.7. The molecule has 33 heavy (non-hydrogen) atoms. The van der Waals surface area contributed by atoms with Gasteiger partial charge in [0, 0.05) is 19.2 Å². The molecule has 0 saturated heterocycles. The summed E-state index contributed by atoms with van der Waals surface area (Å²) in [5, 5.41) is 10.6. The lowest BCUT2D eigenvalue weighted by atomic mass is 10.1. The average molecular weight is 452 g/mol. The van der Waals surface area contributed by atoms with Crippen molar-refractivity contribution in [2.24, 2.45) is 0 Å². The van der Waals surface area contributed by atoms with Gasteiger partial charge in [-0.3, -0.25) is 0 Å². The normalized spacial score (nSPS) is 12.2. The van der Waals surface area contributed by atoms with E-state index in [0.29, 0.717) is 18.8 Å². The van der Waals surface area contributed by atoms with Crippen LogP contribution in [-0.2, 0) is 4.74 Å². The molecule has 0 spiro atoms. The molecule has 0 aliphatic heterocycles. The van der Waals surface area contributed by atoms with E-state index in [9.17, 15) is 9.59 Å². The summed E-state index contributed by atoms with van der Waals surface area (Å²) < 4.78 is 5.45. The zero-order chi connectivity index (χ0) is 23.8. The van der Waals surface area contributed by atoms with E-state index in [1.165, 1.54) is 5.39 Å². The first-order valence-corrected chi connectivity index (χ1v) is 11.2.